The quantitative estimate of drug-likeness (QED) is 0.890. The lowest BCUT2D eigenvalue weighted by Gasteiger charge is -2.35. The molecule has 0 unspecified atom stereocenters. The minimum atomic E-state index is -0.0958. The fourth-order valence-electron chi connectivity index (χ4n) is 3.78. The summed E-state index contributed by atoms with van der Waals surface area (Å²) in [5, 5.41) is 5.29. The number of thiophene rings is 1. The minimum Gasteiger partial charge on any atom is -0.348 e. The van der Waals surface area contributed by atoms with E-state index in [0.29, 0.717) is 12.5 Å². The maximum atomic E-state index is 12.8. The summed E-state index contributed by atoms with van der Waals surface area (Å²) in [6.45, 7) is 7.32. The first-order valence-corrected chi connectivity index (χ1v) is 10.3. The predicted molar refractivity (Wildman–Crippen MR) is 101 cm³/mol. The molecule has 25 heavy (non-hydrogen) atoms. The molecule has 0 bridgehead atoms. The highest BCUT2D eigenvalue weighted by Crippen LogP contribution is 2.27. The highest BCUT2D eigenvalue weighted by atomic mass is 32.1. The van der Waals surface area contributed by atoms with Crippen LogP contribution in [0.15, 0.2) is 17.5 Å². The summed E-state index contributed by atoms with van der Waals surface area (Å²) in [5.74, 6) is 0.334. The zero-order valence-corrected chi connectivity index (χ0v) is 16.1. The lowest BCUT2D eigenvalue weighted by molar-refractivity contribution is -0.127. The monoisotopic (exact) mass is 363 g/mol. The van der Waals surface area contributed by atoms with E-state index >= 15 is 0 Å². The van der Waals surface area contributed by atoms with Crippen molar-refractivity contribution in [1.29, 1.82) is 0 Å². The Morgan fingerprint density at radius 1 is 1.16 bits per heavy atom. The smallest absolute Gasteiger partial charge is 0.320 e. The van der Waals surface area contributed by atoms with Gasteiger partial charge in [-0.3, -0.25) is 4.79 Å². The normalized spacial score (nSPS) is 22.3. The third-order valence-electron chi connectivity index (χ3n) is 5.25. The third kappa shape index (κ3) is 4.35. The molecule has 6 heteroatoms. The molecule has 138 valence electrons. The number of nitrogens with one attached hydrogen (secondary N) is 1. The second-order valence-corrected chi connectivity index (χ2v) is 8.49. The number of amides is 3. The first-order chi connectivity index (χ1) is 12.1. The molecule has 1 aromatic rings. The molecule has 2 aliphatic rings. The van der Waals surface area contributed by atoms with Crippen LogP contribution in [-0.2, 0) is 4.79 Å². The maximum Gasteiger partial charge on any atom is 0.320 e. The summed E-state index contributed by atoms with van der Waals surface area (Å²) in [6.07, 6.45) is 3.97. The number of rotatable bonds is 4. The third-order valence-corrected chi connectivity index (χ3v) is 6.21. The van der Waals surface area contributed by atoms with Crippen molar-refractivity contribution < 1.29 is 9.59 Å². The molecule has 5 nitrogen and oxygen atoms in total. The Hall–Kier alpha value is -1.56. The van der Waals surface area contributed by atoms with Crippen molar-refractivity contribution in [2.45, 2.75) is 45.6 Å². The van der Waals surface area contributed by atoms with Gasteiger partial charge < -0.3 is 15.1 Å². The fourth-order valence-corrected chi connectivity index (χ4v) is 4.73. The van der Waals surface area contributed by atoms with Crippen LogP contribution >= 0.6 is 11.3 Å². The summed E-state index contributed by atoms with van der Waals surface area (Å²) >= 11 is 1.68. The SMILES string of the molecule is CC(C)[C@H](NC(=O)[C@H]1CCCN(C(=O)N2CCCC2)C1)c1cccs1. The van der Waals surface area contributed by atoms with Gasteiger partial charge in [-0.2, -0.15) is 0 Å². The van der Waals surface area contributed by atoms with E-state index < -0.39 is 0 Å². The van der Waals surface area contributed by atoms with Crippen LogP contribution in [0.4, 0.5) is 4.79 Å². The Kier molecular flexibility index (Phi) is 5.99. The van der Waals surface area contributed by atoms with Gasteiger partial charge >= 0.3 is 6.03 Å². The van der Waals surface area contributed by atoms with Crippen molar-refractivity contribution in [3.8, 4) is 0 Å². The molecule has 0 spiro atoms. The molecule has 1 aromatic heterocycles. The van der Waals surface area contributed by atoms with E-state index in [9.17, 15) is 9.59 Å². The molecule has 0 aromatic carbocycles. The molecule has 1 N–H and O–H groups in total. The Bertz CT molecular complexity index is 581. The second kappa shape index (κ2) is 8.21. The summed E-state index contributed by atoms with van der Waals surface area (Å²) in [5.41, 5.74) is 0. The van der Waals surface area contributed by atoms with Gasteiger partial charge in [0, 0.05) is 31.1 Å². The van der Waals surface area contributed by atoms with Crippen molar-refractivity contribution in [2.75, 3.05) is 26.2 Å². The number of nitrogens with zero attached hydrogens (tertiary/aromatic N) is 2. The van der Waals surface area contributed by atoms with Gasteiger partial charge in [-0.25, -0.2) is 4.79 Å². The summed E-state index contributed by atoms with van der Waals surface area (Å²) in [4.78, 5) is 30.5. The molecule has 2 saturated heterocycles. The Morgan fingerprint density at radius 2 is 1.88 bits per heavy atom. The van der Waals surface area contributed by atoms with E-state index in [2.05, 4.69) is 25.2 Å². The molecule has 0 saturated carbocycles. The summed E-state index contributed by atoms with van der Waals surface area (Å²) in [6, 6.07) is 4.28. The molecule has 2 atom stereocenters. The van der Waals surface area contributed by atoms with Crippen molar-refractivity contribution in [3.05, 3.63) is 22.4 Å². The first kappa shape index (κ1) is 18.2. The van der Waals surface area contributed by atoms with Gasteiger partial charge in [0.05, 0.1) is 12.0 Å². The van der Waals surface area contributed by atoms with Crippen LogP contribution in [-0.4, -0.2) is 47.9 Å². The molecule has 2 aliphatic heterocycles. The Balaban J connectivity index is 1.60. The topological polar surface area (TPSA) is 52.7 Å². The van der Waals surface area contributed by atoms with Crippen LogP contribution in [0.2, 0.25) is 0 Å². The first-order valence-electron chi connectivity index (χ1n) is 9.44. The van der Waals surface area contributed by atoms with E-state index in [0.717, 1.165) is 45.3 Å². The molecule has 3 rings (SSSR count). The van der Waals surface area contributed by atoms with E-state index in [1.54, 1.807) is 11.3 Å². The van der Waals surface area contributed by atoms with Crippen LogP contribution in [0.1, 0.15) is 50.4 Å². The molecule has 2 fully saturated rings. The standard InChI is InChI=1S/C19H29N3O2S/c1-14(2)17(16-8-6-12-25-16)20-18(23)15-7-5-11-22(13-15)19(24)21-9-3-4-10-21/h6,8,12,14-15,17H,3-5,7,9-11,13H2,1-2H3,(H,20,23)/t15-,17-/m0/s1. The van der Waals surface area contributed by atoms with E-state index in [4.69, 9.17) is 0 Å². The van der Waals surface area contributed by atoms with Crippen LogP contribution in [0.3, 0.4) is 0 Å². The van der Waals surface area contributed by atoms with Crippen molar-refractivity contribution in [3.63, 3.8) is 0 Å². The highest BCUT2D eigenvalue weighted by molar-refractivity contribution is 7.10. The van der Waals surface area contributed by atoms with Crippen molar-refractivity contribution in [2.24, 2.45) is 11.8 Å². The van der Waals surface area contributed by atoms with Crippen LogP contribution in [0, 0.1) is 11.8 Å². The number of hydrogen-bond acceptors (Lipinski definition) is 3. The molecule has 0 aliphatic carbocycles. The number of carbonyl (C=O) groups is 2. The van der Waals surface area contributed by atoms with Crippen LogP contribution < -0.4 is 5.32 Å². The van der Waals surface area contributed by atoms with E-state index in [1.807, 2.05) is 21.2 Å². The number of carbonyl (C=O) groups excluding carboxylic acids is 2. The zero-order valence-electron chi connectivity index (χ0n) is 15.2. The number of urea groups is 1. The van der Waals surface area contributed by atoms with Crippen molar-refractivity contribution in [1.82, 2.24) is 15.1 Å². The Labute approximate surface area is 154 Å². The largest absolute Gasteiger partial charge is 0.348 e. The second-order valence-electron chi connectivity index (χ2n) is 7.51. The van der Waals surface area contributed by atoms with Crippen molar-refractivity contribution >= 4 is 23.3 Å². The number of hydrogen-bond donors (Lipinski definition) is 1. The van der Waals surface area contributed by atoms with Gasteiger partial charge in [-0.1, -0.05) is 19.9 Å². The average Bonchev–Trinajstić information content (AvgIpc) is 3.32. The van der Waals surface area contributed by atoms with Gasteiger partial charge in [0.1, 0.15) is 0 Å². The number of piperidine rings is 1. The molecular weight excluding hydrogens is 334 g/mol. The molecule has 3 amide bonds. The maximum absolute atomic E-state index is 12.8. The van der Waals surface area contributed by atoms with Crippen LogP contribution in [0.25, 0.3) is 0 Å². The molecule has 3 heterocycles. The predicted octanol–water partition coefficient (Wildman–Crippen LogP) is 3.49. The Morgan fingerprint density at radius 3 is 2.52 bits per heavy atom. The van der Waals surface area contributed by atoms with Gasteiger partial charge in [0.25, 0.3) is 0 Å². The van der Waals surface area contributed by atoms with Gasteiger partial charge in [0.15, 0.2) is 0 Å². The zero-order chi connectivity index (χ0) is 17.8. The van der Waals surface area contributed by atoms with Gasteiger partial charge in [-0.15, -0.1) is 11.3 Å². The van der Waals surface area contributed by atoms with E-state index in [1.165, 1.54) is 4.88 Å². The molecular formula is C19H29N3O2S. The highest BCUT2D eigenvalue weighted by Gasteiger charge is 2.32. The van der Waals surface area contributed by atoms with Crippen LogP contribution in [0.5, 0.6) is 0 Å². The average molecular weight is 364 g/mol. The lowest BCUT2D eigenvalue weighted by Crippen LogP contribution is -2.50. The number of likely N-dealkylation sites (tertiary alicyclic amines) is 2. The lowest BCUT2D eigenvalue weighted by atomic mass is 9.95. The summed E-state index contributed by atoms with van der Waals surface area (Å²) < 4.78 is 0. The molecule has 0 radical (unpaired) electrons. The van der Waals surface area contributed by atoms with E-state index in [-0.39, 0.29) is 23.9 Å². The summed E-state index contributed by atoms with van der Waals surface area (Å²) in [7, 11) is 0. The fraction of sp³-hybridized carbons (Fsp3) is 0.684. The van der Waals surface area contributed by atoms with Gasteiger partial charge in [0.2, 0.25) is 5.91 Å². The minimum absolute atomic E-state index is 0.0529. The van der Waals surface area contributed by atoms with Gasteiger partial charge in [-0.05, 0) is 43.0 Å².